The Morgan fingerprint density at radius 3 is 2.23 bits per heavy atom. The van der Waals surface area contributed by atoms with Crippen LogP contribution in [-0.2, 0) is 9.53 Å². The van der Waals surface area contributed by atoms with Gasteiger partial charge in [-0.05, 0) is 52.2 Å². The second kappa shape index (κ2) is 7.18. The third-order valence-electron chi connectivity index (χ3n) is 5.45. The topological polar surface area (TPSA) is 81.8 Å². The highest BCUT2D eigenvalue weighted by Crippen LogP contribution is 2.32. The van der Waals surface area contributed by atoms with Gasteiger partial charge in [-0.25, -0.2) is 9.79 Å². The molecular weight excluding hydrogens is 392 g/mol. The van der Waals surface area contributed by atoms with Crippen LogP contribution in [0.15, 0.2) is 83.5 Å². The maximum absolute atomic E-state index is 12.6. The minimum Gasteiger partial charge on any atom is -0.402 e. The molecule has 0 bridgehead atoms. The first-order chi connectivity index (χ1) is 15.0. The first kappa shape index (κ1) is 18.7. The molecule has 6 nitrogen and oxygen atoms in total. The van der Waals surface area contributed by atoms with Crippen LogP contribution in [0.3, 0.4) is 0 Å². The molecule has 0 N–H and O–H groups in total. The zero-order valence-corrected chi connectivity index (χ0v) is 16.5. The van der Waals surface area contributed by atoms with E-state index in [1.165, 1.54) is 6.07 Å². The molecule has 0 aliphatic carbocycles. The van der Waals surface area contributed by atoms with Crippen molar-refractivity contribution in [1.82, 2.24) is 0 Å². The summed E-state index contributed by atoms with van der Waals surface area (Å²) in [5.41, 5.74) is 1.81. The van der Waals surface area contributed by atoms with E-state index in [4.69, 9.17) is 4.74 Å². The summed E-state index contributed by atoms with van der Waals surface area (Å²) in [7, 11) is 0. The van der Waals surface area contributed by atoms with Crippen molar-refractivity contribution in [1.29, 1.82) is 0 Å². The minimum atomic E-state index is -0.585. The first-order valence-electron chi connectivity index (χ1n) is 9.70. The minimum absolute atomic E-state index is 0.0475. The molecule has 1 heterocycles. The number of carbonyl (C=O) groups excluding carboxylic acids is 1. The maximum Gasteiger partial charge on any atom is 0.363 e. The van der Waals surface area contributed by atoms with Gasteiger partial charge in [0.15, 0.2) is 5.70 Å². The summed E-state index contributed by atoms with van der Waals surface area (Å²) in [4.78, 5) is 27.8. The van der Waals surface area contributed by atoms with Crippen molar-refractivity contribution in [3.63, 3.8) is 0 Å². The van der Waals surface area contributed by atoms with Crippen LogP contribution in [0.25, 0.3) is 27.6 Å². The molecule has 0 atom stereocenters. The number of nitro groups is 1. The van der Waals surface area contributed by atoms with E-state index in [-0.39, 0.29) is 17.3 Å². The molecule has 1 aliphatic heterocycles. The van der Waals surface area contributed by atoms with E-state index >= 15 is 0 Å². The van der Waals surface area contributed by atoms with E-state index in [2.05, 4.69) is 11.1 Å². The zero-order chi connectivity index (χ0) is 21.5. The van der Waals surface area contributed by atoms with Gasteiger partial charge in [-0.1, -0.05) is 54.6 Å². The summed E-state index contributed by atoms with van der Waals surface area (Å²) in [5, 5.41) is 15.4. The molecule has 0 aromatic heterocycles. The van der Waals surface area contributed by atoms with E-state index in [9.17, 15) is 14.9 Å². The summed E-state index contributed by atoms with van der Waals surface area (Å²) in [6.45, 7) is 1.61. The van der Waals surface area contributed by atoms with Crippen LogP contribution < -0.4 is 0 Å². The molecule has 0 saturated carbocycles. The second-order valence-corrected chi connectivity index (χ2v) is 7.28. The van der Waals surface area contributed by atoms with Crippen molar-refractivity contribution >= 4 is 45.2 Å². The largest absolute Gasteiger partial charge is 0.402 e. The molecule has 0 spiro atoms. The molecule has 0 saturated heterocycles. The van der Waals surface area contributed by atoms with E-state index < -0.39 is 10.9 Å². The second-order valence-electron chi connectivity index (χ2n) is 7.28. The number of cyclic esters (lactones) is 1. The quantitative estimate of drug-likeness (QED) is 0.146. The predicted molar refractivity (Wildman–Crippen MR) is 120 cm³/mol. The van der Waals surface area contributed by atoms with Crippen LogP contribution in [0.5, 0.6) is 0 Å². The third-order valence-corrected chi connectivity index (χ3v) is 5.45. The lowest BCUT2D eigenvalue weighted by atomic mass is 9.96. The van der Waals surface area contributed by atoms with Gasteiger partial charge in [0.2, 0.25) is 5.90 Å². The number of rotatable bonds is 3. The number of esters is 1. The van der Waals surface area contributed by atoms with Crippen molar-refractivity contribution in [2.75, 3.05) is 0 Å². The lowest BCUT2D eigenvalue weighted by Crippen LogP contribution is -2.08. The summed E-state index contributed by atoms with van der Waals surface area (Å²) in [6, 6.07) is 22.6. The Balaban J connectivity index is 1.70. The Kier molecular flexibility index (Phi) is 4.33. The lowest BCUT2D eigenvalue weighted by Gasteiger charge is -2.08. The van der Waals surface area contributed by atoms with E-state index in [1.807, 2.05) is 48.5 Å². The molecule has 0 amide bonds. The molecule has 0 fully saturated rings. The van der Waals surface area contributed by atoms with Gasteiger partial charge in [0.05, 0.1) is 4.92 Å². The zero-order valence-electron chi connectivity index (χ0n) is 16.5. The molecule has 6 heteroatoms. The van der Waals surface area contributed by atoms with Gasteiger partial charge < -0.3 is 4.74 Å². The average molecular weight is 408 g/mol. The normalized spacial score (nSPS) is 14.8. The van der Waals surface area contributed by atoms with Crippen LogP contribution in [0, 0.1) is 17.0 Å². The Hall–Kier alpha value is -4.32. The number of nitro benzene ring substituents is 1. The van der Waals surface area contributed by atoms with Gasteiger partial charge in [-0.3, -0.25) is 10.1 Å². The molecule has 5 rings (SSSR count). The standard InChI is InChI=1S/C25H16N2O4/c1-15-18(11-6-12-23(15)27(29)30)24-26-22(25(28)31-24)14-21-19-9-4-2-7-16(19)13-17-8-3-5-10-20(17)21/h2-14H,1H3/b22-14-. The summed E-state index contributed by atoms with van der Waals surface area (Å²) in [6.07, 6.45) is 1.73. The Morgan fingerprint density at radius 2 is 1.58 bits per heavy atom. The summed E-state index contributed by atoms with van der Waals surface area (Å²) >= 11 is 0. The first-order valence-corrected chi connectivity index (χ1v) is 9.70. The molecule has 4 aromatic carbocycles. The van der Waals surface area contributed by atoms with Gasteiger partial charge in [-0.2, -0.15) is 0 Å². The monoisotopic (exact) mass is 408 g/mol. The molecule has 31 heavy (non-hydrogen) atoms. The highest BCUT2D eigenvalue weighted by Gasteiger charge is 2.27. The van der Waals surface area contributed by atoms with Crippen molar-refractivity contribution < 1.29 is 14.5 Å². The highest BCUT2D eigenvalue weighted by molar-refractivity contribution is 6.16. The number of hydrogen-bond donors (Lipinski definition) is 0. The fraction of sp³-hybridized carbons (Fsp3) is 0.0400. The molecule has 150 valence electrons. The Labute approximate surface area is 177 Å². The SMILES string of the molecule is Cc1c(C2=N/C(=C\c3c4ccccc4cc4ccccc34)C(=O)O2)cccc1[N+](=O)[O-]. The van der Waals surface area contributed by atoms with E-state index in [0.29, 0.717) is 11.1 Å². The summed E-state index contributed by atoms with van der Waals surface area (Å²) in [5.74, 6) is -0.514. The fourth-order valence-electron chi connectivity index (χ4n) is 3.92. The van der Waals surface area contributed by atoms with Gasteiger partial charge in [0, 0.05) is 17.2 Å². The number of nitrogens with zero attached hydrogens (tertiary/aromatic N) is 2. The van der Waals surface area contributed by atoms with Gasteiger partial charge >= 0.3 is 5.97 Å². The Bertz CT molecular complexity index is 1410. The van der Waals surface area contributed by atoms with E-state index in [1.54, 1.807) is 25.1 Å². The van der Waals surface area contributed by atoms with Crippen molar-refractivity contribution in [2.45, 2.75) is 6.92 Å². The van der Waals surface area contributed by atoms with Gasteiger partial charge in [0.1, 0.15) is 0 Å². The average Bonchev–Trinajstić information content (AvgIpc) is 3.13. The smallest absolute Gasteiger partial charge is 0.363 e. The maximum atomic E-state index is 12.6. The number of fused-ring (bicyclic) bond motifs is 2. The summed E-state index contributed by atoms with van der Waals surface area (Å²) < 4.78 is 5.39. The number of benzene rings is 4. The Morgan fingerprint density at radius 1 is 0.935 bits per heavy atom. The van der Waals surface area contributed by atoms with Crippen LogP contribution in [0.2, 0.25) is 0 Å². The molecular formula is C25H16N2O4. The lowest BCUT2D eigenvalue weighted by molar-refractivity contribution is -0.385. The number of carbonyl (C=O) groups is 1. The molecule has 0 unspecified atom stereocenters. The number of ether oxygens (including phenoxy) is 1. The highest BCUT2D eigenvalue weighted by atomic mass is 16.6. The third kappa shape index (κ3) is 3.14. The predicted octanol–water partition coefficient (Wildman–Crippen LogP) is 5.55. The van der Waals surface area contributed by atoms with Crippen LogP contribution >= 0.6 is 0 Å². The van der Waals surface area contributed by atoms with Gasteiger partial charge in [0.25, 0.3) is 5.69 Å². The number of hydrogen-bond acceptors (Lipinski definition) is 5. The van der Waals surface area contributed by atoms with Crippen molar-refractivity contribution in [3.8, 4) is 0 Å². The van der Waals surface area contributed by atoms with Crippen molar-refractivity contribution in [2.24, 2.45) is 4.99 Å². The van der Waals surface area contributed by atoms with Crippen molar-refractivity contribution in [3.05, 3.63) is 105 Å². The van der Waals surface area contributed by atoms with Crippen LogP contribution in [-0.4, -0.2) is 16.8 Å². The molecule has 1 aliphatic rings. The van der Waals surface area contributed by atoms with Crippen LogP contribution in [0.4, 0.5) is 5.69 Å². The fourth-order valence-corrected chi connectivity index (χ4v) is 3.92. The van der Waals surface area contributed by atoms with Gasteiger partial charge in [-0.15, -0.1) is 0 Å². The number of aliphatic imine (C=N–C) groups is 1. The molecule has 4 aromatic rings. The van der Waals surface area contributed by atoms with E-state index in [0.717, 1.165) is 27.1 Å². The van der Waals surface area contributed by atoms with Crippen LogP contribution in [0.1, 0.15) is 16.7 Å². The molecule has 0 radical (unpaired) electrons.